The molecule has 1 atom stereocenters. The Balaban J connectivity index is 1.98. The number of benzene rings is 1. The van der Waals surface area contributed by atoms with Crippen LogP contribution in [0.1, 0.15) is 33.6 Å². The predicted octanol–water partition coefficient (Wildman–Crippen LogP) is 3.39. The lowest BCUT2D eigenvalue weighted by Gasteiger charge is -2.11. The van der Waals surface area contributed by atoms with Gasteiger partial charge in [0.15, 0.2) is 5.13 Å². The highest BCUT2D eigenvalue weighted by Crippen LogP contribution is 2.25. The van der Waals surface area contributed by atoms with Gasteiger partial charge in [-0.3, -0.25) is 4.79 Å². The number of nitrogens with one attached hydrogen (secondary N) is 2. The van der Waals surface area contributed by atoms with Crippen LogP contribution in [-0.4, -0.2) is 22.6 Å². The molecular formula is C15H20N4OS. The van der Waals surface area contributed by atoms with E-state index in [9.17, 15) is 4.79 Å². The molecule has 1 heterocycles. The molecule has 5 nitrogen and oxygen atoms in total. The fraction of sp³-hybridized carbons (Fsp3) is 0.400. The topological polar surface area (TPSA) is 66.4 Å². The molecule has 0 aliphatic heterocycles. The molecule has 0 unspecified atom stereocenters. The average Bonchev–Trinajstić information content (AvgIpc) is 2.90. The number of rotatable bonds is 6. The molecular weight excluding hydrogens is 284 g/mol. The third-order valence-electron chi connectivity index (χ3n) is 3.17. The van der Waals surface area contributed by atoms with E-state index < -0.39 is 0 Å². The van der Waals surface area contributed by atoms with Gasteiger partial charge in [-0.15, -0.1) is 0 Å². The first-order valence-corrected chi connectivity index (χ1v) is 7.93. The number of para-hydroxylation sites is 1. The number of thiazole rings is 1. The number of hydrazone groups is 1. The Bertz CT molecular complexity index is 611. The predicted molar refractivity (Wildman–Crippen MR) is 88.9 cm³/mol. The number of amides is 1. The molecule has 2 N–H and O–H groups in total. The minimum atomic E-state index is -0.385. The van der Waals surface area contributed by atoms with Crippen molar-refractivity contribution in [3.63, 3.8) is 0 Å². The lowest BCUT2D eigenvalue weighted by atomic mass is 10.2. The van der Waals surface area contributed by atoms with E-state index >= 15 is 0 Å². The van der Waals surface area contributed by atoms with E-state index in [0.717, 1.165) is 33.9 Å². The lowest BCUT2D eigenvalue weighted by molar-refractivity contribution is -0.121. The van der Waals surface area contributed by atoms with Crippen molar-refractivity contribution in [1.29, 1.82) is 0 Å². The number of aromatic nitrogens is 1. The van der Waals surface area contributed by atoms with E-state index in [4.69, 9.17) is 0 Å². The van der Waals surface area contributed by atoms with Crippen molar-refractivity contribution in [2.75, 3.05) is 5.32 Å². The Labute approximate surface area is 128 Å². The Morgan fingerprint density at radius 2 is 2.05 bits per heavy atom. The van der Waals surface area contributed by atoms with Crippen LogP contribution in [-0.2, 0) is 4.79 Å². The van der Waals surface area contributed by atoms with E-state index in [0.29, 0.717) is 0 Å². The number of anilines is 1. The summed E-state index contributed by atoms with van der Waals surface area (Å²) in [5.74, 6) is -0.159. The van der Waals surface area contributed by atoms with Crippen LogP contribution < -0.4 is 10.7 Å². The number of fused-ring (bicyclic) bond motifs is 1. The fourth-order valence-corrected chi connectivity index (χ4v) is 2.78. The van der Waals surface area contributed by atoms with Crippen LogP contribution in [0, 0.1) is 0 Å². The normalized spacial score (nSPS) is 12.0. The molecule has 0 saturated carbocycles. The molecule has 1 amide bonds. The van der Waals surface area contributed by atoms with Crippen LogP contribution in [0.2, 0.25) is 0 Å². The van der Waals surface area contributed by atoms with Gasteiger partial charge in [0.25, 0.3) is 5.91 Å². The van der Waals surface area contributed by atoms with Gasteiger partial charge >= 0.3 is 0 Å². The molecule has 1 aromatic carbocycles. The first kappa shape index (κ1) is 15.4. The zero-order chi connectivity index (χ0) is 15.2. The molecule has 1 aromatic heterocycles. The van der Waals surface area contributed by atoms with Gasteiger partial charge in [0.1, 0.15) is 6.04 Å². The minimum Gasteiger partial charge on any atom is -0.350 e. The maximum atomic E-state index is 12.0. The second-order valence-electron chi connectivity index (χ2n) is 4.71. The van der Waals surface area contributed by atoms with Crippen LogP contribution in [0.15, 0.2) is 29.4 Å². The molecule has 2 aromatic rings. The summed E-state index contributed by atoms with van der Waals surface area (Å²) in [5.41, 5.74) is 4.52. The summed E-state index contributed by atoms with van der Waals surface area (Å²) in [5, 5.41) is 7.99. The smallest absolute Gasteiger partial charge is 0.262 e. The summed E-state index contributed by atoms with van der Waals surface area (Å²) in [6.45, 7) is 5.85. The zero-order valence-electron chi connectivity index (χ0n) is 12.5. The first-order valence-electron chi connectivity index (χ1n) is 7.11. The average molecular weight is 304 g/mol. The molecule has 0 fully saturated rings. The van der Waals surface area contributed by atoms with E-state index in [-0.39, 0.29) is 11.9 Å². The highest BCUT2D eigenvalue weighted by Gasteiger charge is 2.14. The minimum absolute atomic E-state index is 0.159. The molecule has 6 heteroatoms. The SMILES string of the molecule is CCC(CC)=NNC(=O)[C@@H](C)Nc1nc2ccccc2s1. The van der Waals surface area contributed by atoms with Crippen LogP contribution >= 0.6 is 11.3 Å². The summed E-state index contributed by atoms with van der Waals surface area (Å²) < 4.78 is 1.10. The Kier molecular flexibility index (Phi) is 5.27. The maximum absolute atomic E-state index is 12.0. The molecule has 112 valence electrons. The molecule has 0 aliphatic carbocycles. The third kappa shape index (κ3) is 4.01. The first-order chi connectivity index (χ1) is 10.1. The Hall–Kier alpha value is -1.95. The van der Waals surface area contributed by atoms with Crippen molar-refractivity contribution in [3.05, 3.63) is 24.3 Å². The number of carbonyl (C=O) groups is 1. The van der Waals surface area contributed by atoms with Crippen molar-refractivity contribution >= 4 is 38.3 Å². The highest BCUT2D eigenvalue weighted by molar-refractivity contribution is 7.22. The van der Waals surface area contributed by atoms with Gasteiger partial charge in [0.05, 0.1) is 10.2 Å². The molecule has 2 rings (SSSR count). The largest absolute Gasteiger partial charge is 0.350 e. The molecule has 0 bridgehead atoms. The highest BCUT2D eigenvalue weighted by atomic mass is 32.1. The van der Waals surface area contributed by atoms with Crippen molar-refractivity contribution in [2.24, 2.45) is 5.10 Å². The van der Waals surface area contributed by atoms with Gasteiger partial charge in [-0.05, 0) is 31.9 Å². The van der Waals surface area contributed by atoms with E-state index in [1.165, 1.54) is 11.3 Å². The molecule has 0 spiro atoms. The van der Waals surface area contributed by atoms with Gasteiger partial charge in [-0.25, -0.2) is 10.4 Å². The van der Waals surface area contributed by atoms with Crippen molar-refractivity contribution in [2.45, 2.75) is 39.7 Å². The summed E-state index contributed by atoms with van der Waals surface area (Å²) in [4.78, 5) is 16.4. The van der Waals surface area contributed by atoms with Crippen molar-refractivity contribution in [1.82, 2.24) is 10.4 Å². The van der Waals surface area contributed by atoms with Crippen molar-refractivity contribution < 1.29 is 4.79 Å². The molecule has 21 heavy (non-hydrogen) atoms. The zero-order valence-corrected chi connectivity index (χ0v) is 13.3. The number of nitrogens with zero attached hydrogens (tertiary/aromatic N) is 2. The number of hydrogen-bond acceptors (Lipinski definition) is 5. The lowest BCUT2D eigenvalue weighted by Crippen LogP contribution is -2.35. The summed E-state index contributed by atoms with van der Waals surface area (Å²) in [7, 11) is 0. The van der Waals surface area contributed by atoms with Crippen LogP contribution in [0.25, 0.3) is 10.2 Å². The Morgan fingerprint density at radius 3 is 2.71 bits per heavy atom. The van der Waals surface area contributed by atoms with E-state index in [2.05, 4.69) is 20.8 Å². The van der Waals surface area contributed by atoms with E-state index in [1.54, 1.807) is 6.92 Å². The number of carbonyl (C=O) groups excluding carboxylic acids is 1. The van der Waals surface area contributed by atoms with Gasteiger partial charge in [-0.1, -0.05) is 37.3 Å². The third-order valence-corrected chi connectivity index (χ3v) is 4.14. The standard InChI is InChI=1S/C15H20N4OS/c1-4-11(5-2)18-19-14(20)10(3)16-15-17-12-8-6-7-9-13(12)21-15/h6-10H,4-5H2,1-3H3,(H,16,17)(H,19,20)/t10-/m1/s1. The van der Waals surface area contributed by atoms with Crippen LogP contribution in [0.5, 0.6) is 0 Å². The van der Waals surface area contributed by atoms with Crippen LogP contribution in [0.4, 0.5) is 5.13 Å². The van der Waals surface area contributed by atoms with Crippen LogP contribution in [0.3, 0.4) is 0 Å². The fourth-order valence-electron chi connectivity index (χ4n) is 1.82. The van der Waals surface area contributed by atoms with Gasteiger partial charge in [0.2, 0.25) is 0 Å². The second-order valence-corrected chi connectivity index (χ2v) is 5.74. The molecule has 0 aliphatic rings. The van der Waals surface area contributed by atoms with E-state index in [1.807, 2.05) is 38.1 Å². The summed E-state index contributed by atoms with van der Waals surface area (Å²) in [6, 6.07) is 7.52. The summed E-state index contributed by atoms with van der Waals surface area (Å²) >= 11 is 1.54. The van der Waals surface area contributed by atoms with Gasteiger partial charge < -0.3 is 5.32 Å². The quantitative estimate of drug-likeness (QED) is 0.635. The Morgan fingerprint density at radius 1 is 1.33 bits per heavy atom. The second kappa shape index (κ2) is 7.17. The monoisotopic (exact) mass is 304 g/mol. The van der Waals surface area contributed by atoms with Gasteiger partial charge in [-0.2, -0.15) is 5.10 Å². The molecule has 0 radical (unpaired) electrons. The molecule has 0 saturated heterocycles. The van der Waals surface area contributed by atoms with Gasteiger partial charge in [0, 0.05) is 5.71 Å². The number of hydrogen-bond donors (Lipinski definition) is 2. The summed E-state index contributed by atoms with van der Waals surface area (Å²) in [6.07, 6.45) is 1.69. The maximum Gasteiger partial charge on any atom is 0.262 e. The van der Waals surface area contributed by atoms with Crippen molar-refractivity contribution in [3.8, 4) is 0 Å².